The lowest BCUT2D eigenvalue weighted by Crippen LogP contribution is -2.34. The molecule has 19 heavy (non-hydrogen) atoms. The Morgan fingerprint density at radius 3 is 2.68 bits per heavy atom. The molecule has 0 unspecified atom stereocenters. The molecule has 1 aliphatic rings. The molecule has 1 aromatic rings. The first kappa shape index (κ1) is 14.1. The molecule has 0 amide bonds. The lowest BCUT2D eigenvalue weighted by atomic mass is 10.1. The molecule has 0 spiro atoms. The molecule has 1 fully saturated rings. The van der Waals surface area contributed by atoms with Crippen molar-refractivity contribution in [2.24, 2.45) is 0 Å². The average Bonchev–Trinajstić information content (AvgIpc) is 2.41. The van der Waals surface area contributed by atoms with Gasteiger partial charge in [-0.1, -0.05) is 13.8 Å². The molecule has 5 heteroatoms. The van der Waals surface area contributed by atoms with Gasteiger partial charge in [0.05, 0.1) is 18.4 Å². The normalized spacial score (nSPS) is 16.1. The van der Waals surface area contributed by atoms with Crippen LogP contribution in [0.15, 0.2) is 17.1 Å². The van der Waals surface area contributed by atoms with Gasteiger partial charge in [0.1, 0.15) is 0 Å². The highest BCUT2D eigenvalue weighted by Crippen LogP contribution is 2.16. The van der Waals surface area contributed by atoms with Crippen LogP contribution in [0.2, 0.25) is 0 Å². The van der Waals surface area contributed by atoms with Crippen LogP contribution in [0.4, 0.5) is 5.69 Å². The maximum Gasteiger partial charge on any atom is 0.268 e. The van der Waals surface area contributed by atoms with Crippen LogP contribution in [-0.2, 0) is 6.54 Å². The van der Waals surface area contributed by atoms with Crippen molar-refractivity contribution in [1.82, 2.24) is 15.1 Å². The molecule has 2 rings (SSSR count). The topological polar surface area (TPSA) is 50.2 Å². The summed E-state index contributed by atoms with van der Waals surface area (Å²) < 4.78 is 1.53. The third-order valence-corrected chi connectivity index (χ3v) is 3.45. The van der Waals surface area contributed by atoms with E-state index in [4.69, 9.17) is 0 Å². The highest BCUT2D eigenvalue weighted by Gasteiger charge is 2.12. The zero-order valence-electron chi connectivity index (χ0n) is 11.9. The van der Waals surface area contributed by atoms with Crippen molar-refractivity contribution in [1.29, 1.82) is 0 Å². The van der Waals surface area contributed by atoms with E-state index in [0.29, 0.717) is 12.6 Å². The van der Waals surface area contributed by atoms with Crippen LogP contribution in [0.3, 0.4) is 0 Å². The lowest BCUT2D eigenvalue weighted by Gasteiger charge is -2.28. The zero-order valence-corrected chi connectivity index (χ0v) is 11.9. The predicted octanol–water partition coefficient (Wildman–Crippen LogP) is 1.23. The molecule has 0 aliphatic carbocycles. The monoisotopic (exact) mass is 264 g/mol. The Morgan fingerprint density at radius 1 is 1.32 bits per heavy atom. The number of hydrogen-bond acceptors (Lipinski definition) is 4. The van der Waals surface area contributed by atoms with Gasteiger partial charge in [-0.05, 0) is 19.3 Å². The van der Waals surface area contributed by atoms with E-state index in [1.807, 2.05) is 6.20 Å². The van der Waals surface area contributed by atoms with Gasteiger partial charge >= 0.3 is 0 Å². The van der Waals surface area contributed by atoms with E-state index in [1.165, 1.54) is 23.9 Å². The SMILES string of the molecule is CC(C)NCCn1ncc(N2CCCCC2)cc1=O. The van der Waals surface area contributed by atoms with Crippen molar-refractivity contribution >= 4 is 5.69 Å². The number of nitrogens with zero attached hydrogens (tertiary/aromatic N) is 3. The Bertz CT molecular complexity index is 449. The number of aromatic nitrogens is 2. The Kier molecular flexibility index (Phi) is 4.96. The first-order valence-electron chi connectivity index (χ1n) is 7.22. The Balaban J connectivity index is 1.98. The molecule has 0 saturated carbocycles. The van der Waals surface area contributed by atoms with Crippen LogP contribution in [0.5, 0.6) is 0 Å². The highest BCUT2D eigenvalue weighted by atomic mass is 16.1. The minimum atomic E-state index is -0.00590. The van der Waals surface area contributed by atoms with Crippen LogP contribution < -0.4 is 15.8 Å². The minimum absolute atomic E-state index is 0.00590. The second-order valence-electron chi connectivity index (χ2n) is 5.43. The van der Waals surface area contributed by atoms with Crippen LogP contribution in [0, 0.1) is 0 Å². The van der Waals surface area contributed by atoms with Gasteiger partial charge in [0, 0.05) is 31.7 Å². The molecular formula is C14H24N4O. The summed E-state index contributed by atoms with van der Waals surface area (Å²) in [6.45, 7) is 7.66. The first-order chi connectivity index (χ1) is 9.16. The summed E-state index contributed by atoms with van der Waals surface area (Å²) in [5.74, 6) is 0. The summed E-state index contributed by atoms with van der Waals surface area (Å²) in [5, 5.41) is 7.56. The smallest absolute Gasteiger partial charge is 0.268 e. The number of hydrogen-bond donors (Lipinski definition) is 1. The first-order valence-corrected chi connectivity index (χ1v) is 7.22. The lowest BCUT2D eigenvalue weighted by molar-refractivity contribution is 0.498. The van der Waals surface area contributed by atoms with Crippen molar-refractivity contribution in [3.05, 3.63) is 22.6 Å². The van der Waals surface area contributed by atoms with Gasteiger partial charge < -0.3 is 10.2 Å². The molecule has 0 aromatic carbocycles. The van der Waals surface area contributed by atoms with Crippen molar-refractivity contribution < 1.29 is 0 Å². The third-order valence-electron chi connectivity index (χ3n) is 3.45. The second kappa shape index (κ2) is 6.70. The van der Waals surface area contributed by atoms with Gasteiger partial charge in [-0.2, -0.15) is 5.10 Å². The quantitative estimate of drug-likeness (QED) is 0.869. The van der Waals surface area contributed by atoms with E-state index < -0.39 is 0 Å². The van der Waals surface area contributed by atoms with Gasteiger partial charge in [0.25, 0.3) is 5.56 Å². The molecule has 5 nitrogen and oxygen atoms in total. The fourth-order valence-corrected chi connectivity index (χ4v) is 2.38. The van der Waals surface area contributed by atoms with E-state index >= 15 is 0 Å². The van der Waals surface area contributed by atoms with Gasteiger partial charge in [-0.3, -0.25) is 4.79 Å². The van der Waals surface area contributed by atoms with E-state index in [0.717, 1.165) is 25.3 Å². The van der Waals surface area contributed by atoms with Gasteiger partial charge in [-0.15, -0.1) is 0 Å². The number of piperidine rings is 1. The molecule has 0 radical (unpaired) electrons. The fourth-order valence-electron chi connectivity index (χ4n) is 2.38. The van der Waals surface area contributed by atoms with Crippen LogP contribution in [-0.4, -0.2) is 35.5 Å². The fraction of sp³-hybridized carbons (Fsp3) is 0.714. The summed E-state index contributed by atoms with van der Waals surface area (Å²) in [5.41, 5.74) is 0.964. The molecule has 1 aliphatic heterocycles. The summed E-state index contributed by atoms with van der Waals surface area (Å²) in [6.07, 6.45) is 5.53. The Morgan fingerprint density at radius 2 is 2.05 bits per heavy atom. The molecule has 0 bridgehead atoms. The van der Waals surface area contributed by atoms with Gasteiger partial charge in [-0.25, -0.2) is 4.68 Å². The summed E-state index contributed by atoms with van der Waals surface area (Å²) in [7, 11) is 0. The maximum absolute atomic E-state index is 12.0. The summed E-state index contributed by atoms with van der Waals surface area (Å²) >= 11 is 0. The highest BCUT2D eigenvalue weighted by molar-refractivity contribution is 5.43. The van der Waals surface area contributed by atoms with E-state index in [9.17, 15) is 4.79 Å². The minimum Gasteiger partial charge on any atom is -0.370 e. The Hall–Kier alpha value is -1.36. The van der Waals surface area contributed by atoms with Crippen LogP contribution in [0.1, 0.15) is 33.1 Å². The summed E-state index contributed by atoms with van der Waals surface area (Å²) in [6, 6.07) is 2.15. The standard InChI is InChI=1S/C14H24N4O/c1-12(2)15-6-9-18-14(19)10-13(11-16-18)17-7-4-3-5-8-17/h10-12,15H,3-9H2,1-2H3. The largest absolute Gasteiger partial charge is 0.370 e. The summed E-state index contributed by atoms with van der Waals surface area (Å²) in [4.78, 5) is 14.3. The number of rotatable bonds is 5. The van der Waals surface area contributed by atoms with Crippen molar-refractivity contribution in [3.8, 4) is 0 Å². The van der Waals surface area contributed by atoms with E-state index in [-0.39, 0.29) is 5.56 Å². The van der Waals surface area contributed by atoms with Crippen LogP contribution in [0.25, 0.3) is 0 Å². The molecule has 0 atom stereocenters. The van der Waals surface area contributed by atoms with Crippen molar-refractivity contribution in [2.45, 2.75) is 45.7 Å². The predicted molar refractivity (Wildman–Crippen MR) is 77.7 cm³/mol. The molecule has 1 N–H and O–H groups in total. The second-order valence-corrected chi connectivity index (χ2v) is 5.43. The van der Waals surface area contributed by atoms with Crippen molar-refractivity contribution in [2.75, 3.05) is 24.5 Å². The van der Waals surface area contributed by atoms with Gasteiger partial charge in [0.2, 0.25) is 0 Å². The third kappa shape index (κ3) is 4.06. The van der Waals surface area contributed by atoms with Crippen molar-refractivity contribution in [3.63, 3.8) is 0 Å². The molecule has 106 valence electrons. The number of anilines is 1. The molecular weight excluding hydrogens is 240 g/mol. The average molecular weight is 264 g/mol. The van der Waals surface area contributed by atoms with E-state index in [2.05, 4.69) is 29.2 Å². The maximum atomic E-state index is 12.0. The molecule has 1 aromatic heterocycles. The Labute approximate surface area is 114 Å². The molecule has 1 saturated heterocycles. The van der Waals surface area contributed by atoms with Crippen LogP contribution >= 0.6 is 0 Å². The zero-order chi connectivity index (χ0) is 13.7. The van der Waals surface area contributed by atoms with Gasteiger partial charge in [0.15, 0.2) is 0 Å². The number of nitrogens with one attached hydrogen (secondary N) is 1. The van der Waals surface area contributed by atoms with E-state index in [1.54, 1.807) is 6.07 Å². The molecule has 2 heterocycles.